The molecule has 0 saturated carbocycles. The highest BCUT2D eigenvalue weighted by atomic mass is 16.1. The molecule has 0 unspecified atom stereocenters. The van der Waals surface area contributed by atoms with E-state index >= 15 is 0 Å². The van der Waals surface area contributed by atoms with E-state index in [0.717, 1.165) is 16.8 Å². The predicted molar refractivity (Wildman–Crippen MR) is 84.2 cm³/mol. The van der Waals surface area contributed by atoms with E-state index in [0.29, 0.717) is 11.1 Å². The van der Waals surface area contributed by atoms with Crippen LogP contribution >= 0.6 is 0 Å². The molecule has 104 valence electrons. The summed E-state index contributed by atoms with van der Waals surface area (Å²) in [7, 11) is 0. The van der Waals surface area contributed by atoms with Gasteiger partial charge in [0.1, 0.15) is 0 Å². The first-order valence-corrected chi connectivity index (χ1v) is 6.65. The molecule has 0 fully saturated rings. The fraction of sp³-hybridized carbons (Fsp3) is 0.111. The molecule has 0 heterocycles. The molecule has 0 aliphatic rings. The van der Waals surface area contributed by atoms with Crippen molar-refractivity contribution in [2.45, 2.75) is 13.8 Å². The monoisotopic (exact) mass is 276 g/mol. The minimum Gasteiger partial charge on any atom is -0.362 e. The average molecular weight is 276 g/mol. The summed E-state index contributed by atoms with van der Waals surface area (Å²) in [5.41, 5.74) is 4.08. The van der Waals surface area contributed by atoms with Crippen LogP contribution in [-0.4, -0.2) is 5.78 Å². The Bertz CT molecular complexity index is 739. The standard InChI is InChI=1S/C18H16N2O/c1-13-6-7-14(2)17(10-13)18(21)8-9-20-16-5-3-4-15(11-16)12-19/h3-11,20H,1-2H3. The van der Waals surface area contributed by atoms with Gasteiger partial charge in [0.15, 0.2) is 5.78 Å². The van der Waals surface area contributed by atoms with E-state index in [2.05, 4.69) is 11.4 Å². The van der Waals surface area contributed by atoms with Gasteiger partial charge in [0.2, 0.25) is 0 Å². The largest absolute Gasteiger partial charge is 0.362 e. The number of hydrogen-bond acceptors (Lipinski definition) is 3. The van der Waals surface area contributed by atoms with Crippen LogP contribution in [-0.2, 0) is 0 Å². The Balaban J connectivity index is 2.09. The average Bonchev–Trinajstić information content (AvgIpc) is 2.49. The van der Waals surface area contributed by atoms with E-state index in [1.54, 1.807) is 24.4 Å². The third-order valence-corrected chi connectivity index (χ3v) is 3.13. The van der Waals surface area contributed by atoms with Crippen molar-refractivity contribution >= 4 is 11.5 Å². The van der Waals surface area contributed by atoms with Crippen molar-refractivity contribution in [2.24, 2.45) is 0 Å². The molecule has 2 rings (SSSR count). The van der Waals surface area contributed by atoms with E-state index in [1.807, 2.05) is 38.1 Å². The van der Waals surface area contributed by atoms with E-state index in [-0.39, 0.29) is 5.78 Å². The van der Waals surface area contributed by atoms with Gasteiger partial charge in [0, 0.05) is 23.5 Å². The number of ketones is 1. The molecule has 3 heteroatoms. The lowest BCUT2D eigenvalue weighted by Gasteiger charge is -2.04. The molecule has 21 heavy (non-hydrogen) atoms. The summed E-state index contributed by atoms with van der Waals surface area (Å²) in [6.07, 6.45) is 3.10. The summed E-state index contributed by atoms with van der Waals surface area (Å²) in [5, 5.41) is 11.8. The predicted octanol–water partition coefficient (Wildman–Crippen LogP) is 3.98. The Morgan fingerprint density at radius 3 is 2.76 bits per heavy atom. The number of carbonyl (C=O) groups excluding carboxylic acids is 1. The van der Waals surface area contributed by atoms with Gasteiger partial charge in [-0.3, -0.25) is 4.79 Å². The summed E-state index contributed by atoms with van der Waals surface area (Å²) in [6.45, 7) is 3.88. The first-order valence-electron chi connectivity index (χ1n) is 6.65. The molecule has 0 saturated heterocycles. The SMILES string of the molecule is Cc1ccc(C)c(C(=O)C=CNc2cccc(C#N)c2)c1. The highest BCUT2D eigenvalue weighted by Gasteiger charge is 2.05. The molecule has 0 radical (unpaired) electrons. The fourth-order valence-electron chi connectivity index (χ4n) is 1.98. The lowest BCUT2D eigenvalue weighted by atomic mass is 10.0. The molecule has 0 aliphatic heterocycles. The van der Waals surface area contributed by atoms with Gasteiger partial charge in [0.25, 0.3) is 0 Å². The minimum absolute atomic E-state index is 0.0415. The number of allylic oxidation sites excluding steroid dienone is 1. The van der Waals surface area contributed by atoms with Crippen LogP contribution in [0, 0.1) is 25.2 Å². The zero-order chi connectivity index (χ0) is 15.2. The van der Waals surface area contributed by atoms with Crippen LogP contribution < -0.4 is 5.32 Å². The van der Waals surface area contributed by atoms with Crippen LogP contribution in [0.15, 0.2) is 54.7 Å². The van der Waals surface area contributed by atoms with Crippen LogP contribution in [0.4, 0.5) is 5.69 Å². The van der Waals surface area contributed by atoms with Gasteiger partial charge >= 0.3 is 0 Å². The van der Waals surface area contributed by atoms with Gasteiger partial charge in [-0.2, -0.15) is 5.26 Å². The molecule has 0 spiro atoms. The van der Waals surface area contributed by atoms with Crippen molar-refractivity contribution in [3.63, 3.8) is 0 Å². The zero-order valence-corrected chi connectivity index (χ0v) is 12.1. The number of anilines is 1. The smallest absolute Gasteiger partial charge is 0.187 e. The van der Waals surface area contributed by atoms with Crippen LogP contribution in [0.3, 0.4) is 0 Å². The third-order valence-electron chi connectivity index (χ3n) is 3.13. The summed E-state index contributed by atoms with van der Waals surface area (Å²) in [6, 6.07) is 15.0. The number of benzene rings is 2. The lowest BCUT2D eigenvalue weighted by Crippen LogP contribution is -2.00. The summed E-state index contributed by atoms with van der Waals surface area (Å²) in [4.78, 5) is 12.2. The van der Waals surface area contributed by atoms with Crippen molar-refractivity contribution in [1.82, 2.24) is 0 Å². The van der Waals surface area contributed by atoms with Gasteiger partial charge < -0.3 is 5.32 Å². The molecule has 1 N–H and O–H groups in total. The van der Waals surface area contributed by atoms with E-state index < -0.39 is 0 Å². The van der Waals surface area contributed by atoms with Crippen LogP contribution in [0.5, 0.6) is 0 Å². The normalized spacial score (nSPS) is 10.3. The maximum atomic E-state index is 12.2. The summed E-state index contributed by atoms with van der Waals surface area (Å²) >= 11 is 0. The van der Waals surface area contributed by atoms with Crippen molar-refractivity contribution in [3.8, 4) is 6.07 Å². The zero-order valence-electron chi connectivity index (χ0n) is 12.1. The van der Waals surface area contributed by atoms with Gasteiger partial charge in [0.05, 0.1) is 11.6 Å². The number of hydrogen-bond donors (Lipinski definition) is 1. The molecule has 0 amide bonds. The molecule has 3 nitrogen and oxygen atoms in total. The third kappa shape index (κ3) is 3.80. The van der Waals surface area contributed by atoms with E-state index in [1.165, 1.54) is 6.08 Å². The highest BCUT2D eigenvalue weighted by molar-refractivity contribution is 6.05. The number of aryl methyl sites for hydroxylation is 2. The highest BCUT2D eigenvalue weighted by Crippen LogP contribution is 2.13. The Hall–Kier alpha value is -2.86. The molecular weight excluding hydrogens is 260 g/mol. The molecule has 2 aromatic rings. The van der Waals surface area contributed by atoms with Gasteiger partial charge in [-0.05, 0) is 43.7 Å². The maximum absolute atomic E-state index is 12.2. The van der Waals surface area contributed by atoms with Crippen LogP contribution in [0.2, 0.25) is 0 Å². The Labute approximate surface area is 124 Å². The second-order valence-corrected chi connectivity index (χ2v) is 4.85. The van der Waals surface area contributed by atoms with Gasteiger partial charge in [-0.25, -0.2) is 0 Å². The van der Waals surface area contributed by atoms with E-state index in [4.69, 9.17) is 5.26 Å². The van der Waals surface area contributed by atoms with Crippen LogP contribution in [0.25, 0.3) is 0 Å². The first kappa shape index (κ1) is 14.5. The number of nitrogens with one attached hydrogen (secondary N) is 1. The fourth-order valence-corrected chi connectivity index (χ4v) is 1.98. The molecule has 0 aliphatic carbocycles. The molecule has 0 atom stereocenters. The molecule has 0 aromatic heterocycles. The molecular formula is C18H16N2O. The van der Waals surface area contributed by atoms with Gasteiger partial charge in [-0.1, -0.05) is 23.8 Å². The summed E-state index contributed by atoms with van der Waals surface area (Å²) < 4.78 is 0. The van der Waals surface area contributed by atoms with Crippen molar-refractivity contribution in [1.29, 1.82) is 5.26 Å². The van der Waals surface area contributed by atoms with Crippen molar-refractivity contribution < 1.29 is 4.79 Å². The Morgan fingerprint density at radius 1 is 1.19 bits per heavy atom. The first-order chi connectivity index (χ1) is 10.1. The number of rotatable bonds is 4. The van der Waals surface area contributed by atoms with Gasteiger partial charge in [-0.15, -0.1) is 0 Å². The van der Waals surface area contributed by atoms with Crippen molar-refractivity contribution in [3.05, 3.63) is 77.0 Å². The molecule has 2 aromatic carbocycles. The second kappa shape index (κ2) is 6.53. The quantitative estimate of drug-likeness (QED) is 0.678. The minimum atomic E-state index is -0.0415. The van der Waals surface area contributed by atoms with Crippen molar-refractivity contribution in [2.75, 3.05) is 5.32 Å². The Kier molecular flexibility index (Phi) is 4.53. The number of nitrogens with zero attached hydrogens (tertiary/aromatic N) is 1. The maximum Gasteiger partial charge on any atom is 0.187 e. The summed E-state index contributed by atoms with van der Waals surface area (Å²) in [5.74, 6) is -0.0415. The molecule has 0 bridgehead atoms. The van der Waals surface area contributed by atoms with E-state index in [9.17, 15) is 4.79 Å². The lowest BCUT2D eigenvalue weighted by molar-refractivity contribution is 0.104. The topological polar surface area (TPSA) is 52.9 Å². The Morgan fingerprint density at radius 2 is 2.00 bits per heavy atom. The number of carbonyl (C=O) groups is 1. The van der Waals surface area contributed by atoms with Crippen LogP contribution in [0.1, 0.15) is 27.0 Å². The second-order valence-electron chi connectivity index (χ2n) is 4.85. The number of nitriles is 1.